The van der Waals surface area contributed by atoms with Crippen molar-refractivity contribution >= 4 is 15.9 Å². The summed E-state index contributed by atoms with van der Waals surface area (Å²) < 4.78 is 5.95. The van der Waals surface area contributed by atoms with E-state index >= 15 is 0 Å². The molecule has 0 saturated carbocycles. The van der Waals surface area contributed by atoms with E-state index in [0.717, 1.165) is 28.8 Å². The topological polar surface area (TPSA) is 9.23 Å². The van der Waals surface area contributed by atoms with Crippen molar-refractivity contribution in [3.05, 3.63) is 59.2 Å². The summed E-state index contributed by atoms with van der Waals surface area (Å²) in [5.41, 5.74) is 3.81. The van der Waals surface area contributed by atoms with Crippen LogP contribution in [0.15, 0.2) is 42.5 Å². The van der Waals surface area contributed by atoms with Gasteiger partial charge < -0.3 is 4.74 Å². The zero-order chi connectivity index (χ0) is 14.4. The van der Waals surface area contributed by atoms with E-state index in [1.807, 2.05) is 6.07 Å². The smallest absolute Gasteiger partial charge is 0.130 e. The van der Waals surface area contributed by atoms with Crippen molar-refractivity contribution in [3.63, 3.8) is 0 Å². The summed E-state index contributed by atoms with van der Waals surface area (Å²) in [6, 6.07) is 14.7. The normalized spacial score (nSPS) is 10.6. The van der Waals surface area contributed by atoms with Crippen molar-refractivity contribution in [2.45, 2.75) is 38.4 Å². The molecule has 1 nitrogen and oxygen atoms in total. The minimum Gasteiger partial charge on any atom is -0.457 e. The number of aryl methyl sites for hydroxylation is 2. The highest BCUT2D eigenvalue weighted by atomic mass is 79.9. The van der Waals surface area contributed by atoms with Gasteiger partial charge in [0, 0.05) is 5.33 Å². The molecule has 0 bridgehead atoms. The average Bonchev–Trinajstić information content (AvgIpc) is 2.48. The zero-order valence-electron chi connectivity index (χ0n) is 12.2. The van der Waals surface area contributed by atoms with Gasteiger partial charge in [-0.2, -0.15) is 0 Å². The summed E-state index contributed by atoms with van der Waals surface area (Å²) in [7, 11) is 0. The first-order valence-electron chi connectivity index (χ1n) is 7.15. The monoisotopic (exact) mass is 332 g/mol. The lowest BCUT2D eigenvalue weighted by Crippen LogP contribution is -1.90. The Morgan fingerprint density at radius 2 is 1.70 bits per heavy atom. The molecule has 0 atom stereocenters. The van der Waals surface area contributed by atoms with Crippen LogP contribution in [0, 0.1) is 6.92 Å². The van der Waals surface area contributed by atoms with Crippen LogP contribution in [0.2, 0.25) is 0 Å². The Bertz CT molecular complexity index is 546. The van der Waals surface area contributed by atoms with Crippen LogP contribution in [-0.2, 0) is 11.8 Å². The van der Waals surface area contributed by atoms with Crippen molar-refractivity contribution < 1.29 is 4.74 Å². The van der Waals surface area contributed by atoms with Gasteiger partial charge in [0.1, 0.15) is 11.5 Å². The number of unbranched alkanes of at least 4 members (excludes halogenated alkanes) is 1. The number of rotatable bonds is 6. The van der Waals surface area contributed by atoms with Crippen LogP contribution in [0.4, 0.5) is 0 Å². The second kappa shape index (κ2) is 7.49. The second-order valence-electron chi connectivity index (χ2n) is 5.08. The Labute approximate surface area is 130 Å². The highest BCUT2D eigenvalue weighted by Crippen LogP contribution is 2.26. The van der Waals surface area contributed by atoms with Crippen LogP contribution in [0.3, 0.4) is 0 Å². The first-order valence-corrected chi connectivity index (χ1v) is 8.27. The van der Waals surface area contributed by atoms with E-state index < -0.39 is 0 Å². The summed E-state index contributed by atoms with van der Waals surface area (Å²) in [5, 5.41) is 0.875. The van der Waals surface area contributed by atoms with Gasteiger partial charge in [0.25, 0.3) is 0 Å². The molecule has 0 fully saturated rings. The third-order valence-corrected chi connectivity index (χ3v) is 4.01. The van der Waals surface area contributed by atoms with Crippen molar-refractivity contribution in [2.75, 3.05) is 0 Å². The molecule has 106 valence electrons. The Hall–Kier alpha value is -1.28. The van der Waals surface area contributed by atoms with Gasteiger partial charge in [0.05, 0.1) is 0 Å². The lowest BCUT2D eigenvalue weighted by atomic mass is 10.1. The maximum atomic E-state index is 5.95. The standard InChI is InChI=1S/C18H21BrO/c1-3-4-5-15-6-9-17(10-7-15)20-18-11-8-16(13-19)12-14(18)2/h6-12H,3-5,13H2,1-2H3. The van der Waals surface area contributed by atoms with Gasteiger partial charge in [-0.15, -0.1) is 0 Å². The molecule has 0 spiro atoms. The molecule has 2 heteroatoms. The molecule has 0 saturated heterocycles. The lowest BCUT2D eigenvalue weighted by Gasteiger charge is -2.10. The summed E-state index contributed by atoms with van der Waals surface area (Å²) in [5.74, 6) is 1.83. The number of hydrogen-bond acceptors (Lipinski definition) is 1. The minimum atomic E-state index is 0.875. The number of hydrogen-bond donors (Lipinski definition) is 0. The van der Waals surface area contributed by atoms with Crippen molar-refractivity contribution in [1.82, 2.24) is 0 Å². The largest absolute Gasteiger partial charge is 0.457 e. The van der Waals surface area contributed by atoms with Crippen LogP contribution in [0.5, 0.6) is 11.5 Å². The molecule has 2 rings (SSSR count). The van der Waals surface area contributed by atoms with E-state index in [4.69, 9.17) is 4.74 Å². The Morgan fingerprint density at radius 3 is 2.30 bits per heavy atom. The summed E-state index contributed by atoms with van der Waals surface area (Å²) >= 11 is 3.47. The molecule has 0 radical (unpaired) electrons. The highest BCUT2D eigenvalue weighted by Gasteiger charge is 2.03. The van der Waals surface area contributed by atoms with Crippen molar-refractivity contribution in [1.29, 1.82) is 0 Å². The van der Waals surface area contributed by atoms with E-state index in [2.05, 4.69) is 66.2 Å². The molecule has 0 aliphatic rings. The number of benzene rings is 2. The Morgan fingerprint density at radius 1 is 1.00 bits per heavy atom. The number of alkyl halides is 1. The molecule has 20 heavy (non-hydrogen) atoms. The Balaban J connectivity index is 2.06. The number of ether oxygens (including phenoxy) is 1. The fourth-order valence-corrected chi connectivity index (χ4v) is 2.49. The molecule has 0 aliphatic heterocycles. The van der Waals surface area contributed by atoms with E-state index in [1.165, 1.54) is 24.0 Å². The van der Waals surface area contributed by atoms with Gasteiger partial charge in [-0.3, -0.25) is 0 Å². The van der Waals surface area contributed by atoms with E-state index in [0.29, 0.717) is 0 Å². The molecule has 0 aromatic heterocycles. The van der Waals surface area contributed by atoms with Crippen LogP contribution < -0.4 is 4.74 Å². The minimum absolute atomic E-state index is 0.875. The van der Waals surface area contributed by atoms with E-state index in [9.17, 15) is 0 Å². The summed E-state index contributed by atoms with van der Waals surface area (Å²) in [6.45, 7) is 4.30. The molecule has 0 unspecified atom stereocenters. The van der Waals surface area contributed by atoms with Crippen LogP contribution in [0.25, 0.3) is 0 Å². The quantitative estimate of drug-likeness (QED) is 0.587. The second-order valence-corrected chi connectivity index (χ2v) is 5.64. The van der Waals surface area contributed by atoms with E-state index in [-0.39, 0.29) is 0 Å². The summed E-state index contributed by atoms with van der Waals surface area (Å²) in [6.07, 6.45) is 3.63. The fourth-order valence-electron chi connectivity index (χ4n) is 2.14. The molecule has 2 aromatic carbocycles. The predicted octanol–water partition coefficient (Wildman–Crippen LogP) is 6.02. The van der Waals surface area contributed by atoms with Gasteiger partial charge in [-0.1, -0.05) is 53.5 Å². The van der Waals surface area contributed by atoms with Gasteiger partial charge in [-0.05, 0) is 54.7 Å². The van der Waals surface area contributed by atoms with Gasteiger partial charge in [0.2, 0.25) is 0 Å². The molecule has 0 N–H and O–H groups in total. The highest BCUT2D eigenvalue weighted by molar-refractivity contribution is 9.08. The molecule has 0 heterocycles. The average molecular weight is 333 g/mol. The number of halogens is 1. The molecule has 0 aliphatic carbocycles. The first kappa shape index (κ1) is 15.1. The van der Waals surface area contributed by atoms with Gasteiger partial charge in [-0.25, -0.2) is 0 Å². The lowest BCUT2D eigenvalue weighted by molar-refractivity contribution is 0.478. The van der Waals surface area contributed by atoms with Crippen LogP contribution >= 0.6 is 15.9 Å². The third kappa shape index (κ3) is 4.11. The maximum absolute atomic E-state index is 5.95. The van der Waals surface area contributed by atoms with Crippen molar-refractivity contribution in [3.8, 4) is 11.5 Å². The van der Waals surface area contributed by atoms with Gasteiger partial charge >= 0.3 is 0 Å². The zero-order valence-corrected chi connectivity index (χ0v) is 13.7. The third-order valence-electron chi connectivity index (χ3n) is 3.36. The predicted molar refractivity (Wildman–Crippen MR) is 88.9 cm³/mol. The SMILES string of the molecule is CCCCc1ccc(Oc2ccc(CBr)cc2C)cc1. The first-order chi connectivity index (χ1) is 9.72. The van der Waals surface area contributed by atoms with Crippen molar-refractivity contribution in [2.24, 2.45) is 0 Å². The Kier molecular flexibility index (Phi) is 5.66. The molecule has 0 amide bonds. The van der Waals surface area contributed by atoms with E-state index in [1.54, 1.807) is 0 Å². The fraction of sp³-hybridized carbons (Fsp3) is 0.333. The van der Waals surface area contributed by atoms with Crippen LogP contribution in [-0.4, -0.2) is 0 Å². The molecule has 2 aromatic rings. The molecular formula is C18H21BrO. The summed E-state index contributed by atoms with van der Waals surface area (Å²) in [4.78, 5) is 0. The van der Waals surface area contributed by atoms with Crippen LogP contribution in [0.1, 0.15) is 36.5 Å². The van der Waals surface area contributed by atoms with Gasteiger partial charge in [0.15, 0.2) is 0 Å². The maximum Gasteiger partial charge on any atom is 0.130 e. The molecular weight excluding hydrogens is 312 g/mol.